The molecule has 1 N–H and O–H groups in total. The molecular weight excluding hydrogens is 250 g/mol. The molecule has 1 aromatic carbocycles. The van der Waals surface area contributed by atoms with E-state index in [1.165, 1.54) is 12.1 Å². The number of carbonyl (C=O) groups excluding carboxylic acids is 1. The van der Waals surface area contributed by atoms with Crippen LogP contribution >= 0.6 is 15.9 Å². The molecule has 0 saturated heterocycles. The molecule has 0 spiro atoms. The summed E-state index contributed by atoms with van der Waals surface area (Å²) in [5.41, 5.74) is 0.176. The van der Waals surface area contributed by atoms with Gasteiger partial charge in [-0.15, -0.1) is 0 Å². The van der Waals surface area contributed by atoms with Crippen molar-refractivity contribution in [2.75, 3.05) is 0 Å². The Bertz CT molecular complexity index is 448. The van der Waals surface area contributed by atoms with E-state index < -0.39 is 5.97 Å². The summed E-state index contributed by atoms with van der Waals surface area (Å²) in [5, 5.41) is 17.3. The van der Waals surface area contributed by atoms with Gasteiger partial charge in [0.25, 0.3) is 0 Å². The average Bonchev–Trinajstić information content (AvgIpc) is 2.16. The molecular formula is C9H4BrNO3. The first-order valence-corrected chi connectivity index (χ1v) is 4.32. The second-order valence-electron chi connectivity index (χ2n) is 2.42. The van der Waals surface area contributed by atoms with Crippen LogP contribution in [0.2, 0.25) is 0 Å². The fourth-order valence-corrected chi connectivity index (χ4v) is 1.58. The van der Waals surface area contributed by atoms with Gasteiger partial charge < -0.3 is 5.11 Å². The van der Waals surface area contributed by atoms with Gasteiger partial charge in [-0.1, -0.05) is 0 Å². The number of benzene rings is 1. The molecule has 4 nitrogen and oxygen atoms in total. The molecule has 0 heterocycles. The zero-order valence-corrected chi connectivity index (χ0v) is 8.41. The molecule has 0 aliphatic carbocycles. The van der Waals surface area contributed by atoms with Crippen LogP contribution in [0.15, 0.2) is 16.6 Å². The van der Waals surface area contributed by atoms with E-state index in [0.29, 0.717) is 6.29 Å². The highest BCUT2D eigenvalue weighted by Crippen LogP contribution is 2.23. The molecule has 0 aromatic heterocycles. The zero-order valence-electron chi connectivity index (χ0n) is 6.82. The molecule has 70 valence electrons. The maximum atomic E-state index is 10.7. The molecule has 0 saturated carbocycles. The number of aromatic carboxylic acids is 1. The van der Waals surface area contributed by atoms with Crippen LogP contribution in [0.3, 0.4) is 0 Å². The lowest BCUT2D eigenvalue weighted by molar-refractivity contribution is 0.0696. The number of hydrogen-bond acceptors (Lipinski definition) is 3. The minimum Gasteiger partial charge on any atom is -0.478 e. The highest BCUT2D eigenvalue weighted by Gasteiger charge is 2.14. The molecule has 0 aliphatic rings. The van der Waals surface area contributed by atoms with Crippen molar-refractivity contribution in [1.29, 1.82) is 5.26 Å². The molecule has 14 heavy (non-hydrogen) atoms. The van der Waals surface area contributed by atoms with E-state index in [-0.39, 0.29) is 21.2 Å². The van der Waals surface area contributed by atoms with Crippen LogP contribution in [0.4, 0.5) is 0 Å². The Balaban J connectivity index is 3.52. The summed E-state index contributed by atoms with van der Waals surface area (Å²) in [6.07, 6.45) is 0.453. The zero-order chi connectivity index (χ0) is 10.7. The van der Waals surface area contributed by atoms with Gasteiger partial charge >= 0.3 is 5.97 Å². The first-order chi connectivity index (χ1) is 6.61. The van der Waals surface area contributed by atoms with Gasteiger partial charge in [0.1, 0.15) is 0 Å². The Labute approximate surface area is 87.9 Å². The predicted molar refractivity (Wildman–Crippen MR) is 51.2 cm³/mol. The van der Waals surface area contributed by atoms with Gasteiger partial charge in [0.15, 0.2) is 6.29 Å². The summed E-state index contributed by atoms with van der Waals surface area (Å²) < 4.78 is 0.138. The number of carboxylic acids is 1. The van der Waals surface area contributed by atoms with Crippen molar-refractivity contribution in [2.24, 2.45) is 0 Å². The molecule has 0 atom stereocenters. The van der Waals surface area contributed by atoms with Gasteiger partial charge in [0.05, 0.1) is 17.2 Å². The van der Waals surface area contributed by atoms with Gasteiger partial charge in [0, 0.05) is 10.0 Å². The third-order valence-electron chi connectivity index (χ3n) is 1.65. The van der Waals surface area contributed by atoms with E-state index in [1.54, 1.807) is 6.07 Å². The third kappa shape index (κ3) is 1.65. The summed E-state index contributed by atoms with van der Waals surface area (Å²) in [7, 11) is 0. The fourth-order valence-electron chi connectivity index (χ4n) is 0.971. The summed E-state index contributed by atoms with van der Waals surface area (Å²) in [5.74, 6) is -1.15. The predicted octanol–water partition coefficient (Wildman–Crippen LogP) is 1.83. The van der Waals surface area contributed by atoms with Crippen molar-refractivity contribution in [3.8, 4) is 6.07 Å². The number of hydrogen-bond donors (Lipinski definition) is 1. The monoisotopic (exact) mass is 253 g/mol. The lowest BCUT2D eigenvalue weighted by Gasteiger charge is -2.02. The van der Waals surface area contributed by atoms with Crippen LogP contribution in [0.1, 0.15) is 26.3 Å². The first kappa shape index (κ1) is 10.4. The molecule has 0 aliphatic heterocycles. The standard InChI is InChI=1S/C9H4BrNO3/c10-8-6(9(13)14)2-1-5(3-11)7(8)4-12/h1-2,4H,(H,13,14). The first-order valence-electron chi connectivity index (χ1n) is 3.53. The van der Waals surface area contributed by atoms with Crippen LogP contribution in [0.5, 0.6) is 0 Å². The van der Waals surface area contributed by atoms with Crippen LogP contribution in [0.25, 0.3) is 0 Å². The highest BCUT2D eigenvalue weighted by molar-refractivity contribution is 9.10. The van der Waals surface area contributed by atoms with E-state index in [4.69, 9.17) is 10.4 Å². The number of carboxylic acid groups (broad SMARTS) is 1. The Kier molecular flexibility index (Phi) is 2.99. The summed E-state index contributed by atoms with van der Waals surface area (Å²) in [6.45, 7) is 0. The normalized spacial score (nSPS) is 9.14. The third-order valence-corrected chi connectivity index (χ3v) is 2.50. The average molecular weight is 254 g/mol. The van der Waals surface area contributed by atoms with Gasteiger partial charge in [-0.05, 0) is 28.1 Å². The molecule has 1 rings (SSSR count). The maximum absolute atomic E-state index is 10.7. The van der Waals surface area contributed by atoms with Crippen molar-refractivity contribution < 1.29 is 14.7 Å². The number of rotatable bonds is 2. The van der Waals surface area contributed by atoms with Crippen LogP contribution < -0.4 is 0 Å². The van der Waals surface area contributed by atoms with E-state index in [9.17, 15) is 9.59 Å². The lowest BCUT2D eigenvalue weighted by Crippen LogP contribution is -2.01. The molecule has 0 fully saturated rings. The fraction of sp³-hybridized carbons (Fsp3) is 0. The van der Waals surface area contributed by atoms with Crippen LogP contribution in [-0.2, 0) is 0 Å². The minimum atomic E-state index is -1.15. The van der Waals surface area contributed by atoms with Gasteiger partial charge in [-0.3, -0.25) is 4.79 Å². The molecule has 0 amide bonds. The Morgan fingerprint density at radius 3 is 2.64 bits per heavy atom. The molecule has 5 heteroatoms. The highest BCUT2D eigenvalue weighted by atomic mass is 79.9. The van der Waals surface area contributed by atoms with Gasteiger partial charge in [-0.25, -0.2) is 4.79 Å². The number of carbonyl (C=O) groups is 2. The number of nitriles is 1. The quantitative estimate of drug-likeness (QED) is 0.816. The molecule has 1 aromatic rings. The molecule has 0 unspecified atom stereocenters. The number of nitrogens with zero attached hydrogens (tertiary/aromatic N) is 1. The lowest BCUT2D eigenvalue weighted by atomic mass is 10.1. The van der Waals surface area contributed by atoms with Gasteiger partial charge in [0.2, 0.25) is 0 Å². The van der Waals surface area contributed by atoms with E-state index >= 15 is 0 Å². The Morgan fingerprint density at radius 1 is 1.57 bits per heavy atom. The van der Waals surface area contributed by atoms with Crippen molar-refractivity contribution in [2.45, 2.75) is 0 Å². The molecule has 0 radical (unpaired) electrons. The molecule has 0 bridgehead atoms. The van der Waals surface area contributed by atoms with Crippen molar-refractivity contribution in [3.63, 3.8) is 0 Å². The Hall–Kier alpha value is -1.67. The van der Waals surface area contributed by atoms with Crippen molar-refractivity contribution in [1.82, 2.24) is 0 Å². The number of aldehydes is 1. The topological polar surface area (TPSA) is 78.2 Å². The largest absolute Gasteiger partial charge is 0.478 e. The number of halogens is 1. The summed E-state index contributed by atoms with van der Waals surface area (Å²) >= 11 is 2.97. The van der Waals surface area contributed by atoms with E-state index in [2.05, 4.69) is 15.9 Å². The Morgan fingerprint density at radius 2 is 2.21 bits per heavy atom. The van der Waals surface area contributed by atoms with E-state index in [1.807, 2.05) is 0 Å². The maximum Gasteiger partial charge on any atom is 0.336 e. The second kappa shape index (κ2) is 4.03. The summed E-state index contributed by atoms with van der Waals surface area (Å²) in [6, 6.07) is 4.38. The summed E-state index contributed by atoms with van der Waals surface area (Å²) in [4.78, 5) is 21.3. The minimum absolute atomic E-state index is 0.0360. The smallest absolute Gasteiger partial charge is 0.336 e. The van der Waals surface area contributed by atoms with Crippen molar-refractivity contribution in [3.05, 3.63) is 33.3 Å². The van der Waals surface area contributed by atoms with Crippen LogP contribution in [-0.4, -0.2) is 17.4 Å². The SMILES string of the molecule is N#Cc1ccc(C(=O)O)c(Br)c1C=O. The van der Waals surface area contributed by atoms with Crippen LogP contribution in [0, 0.1) is 11.3 Å². The van der Waals surface area contributed by atoms with Crippen molar-refractivity contribution >= 4 is 28.2 Å². The van der Waals surface area contributed by atoms with E-state index in [0.717, 1.165) is 0 Å². The van der Waals surface area contributed by atoms with Gasteiger partial charge in [-0.2, -0.15) is 5.26 Å². The second-order valence-corrected chi connectivity index (χ2v) is 3.22.